The van der Waals surface area contributed by atoms with Crippen LogP contribution in [0.4, 0.5) is 0 Å². The lowest BCUT2D eigenvalue weighted by atomic mass is 10.2. The molecule has 1 atom stereocenters. The molecule has 2 heterocycles. The van der Waals surface area contributed by atoms with Gasteiger partial charge < -0.3 is 10.1 Å². The summed E-state index contributed by atoms with van der Waals surface area (Å²) in [6.45, 7) is 7.90. The second kappa shape index (κ2) is 6.11. The molecule has 2 aromatic heterocycles. The zero-order chi connectivity index (χ0) is 15.6. The molecule has 21 heavy (non-hydrogen) atoms. The van der Waals surface area contributed by atoms with Crippen LogP contribution in [0.1, 0.15) is 31.5 Å². The molecule has 6 heteroatoms. The van der Waals surface area contributed by atoms with Crippen molar-refractivity contribution in [3.63, 3.8) is 0 Å². The van der Waals surface area contributed by atoms with E-state index in [0.717, 1.165) is 28.7 Å². The highest BCUT2D eigenvalue weighted by Crippen LogP contribution is 2.23. The van der Waals surface area contributed by atoms with Crippen molar-refractivity contribution in [2.24, 2.45) is 7.05 Å². The molecule has 2 aromatic rings. The number of rotatable bonds is 5. The van der Waals surface area contributed by atoms with Gasteiger partial charge >= 0.3 is 0 Å². The van der Waals surface area contributed by atoms with Crippen molar-refractivity contribution >= 4 is 16.9 Å². The highest BCUT2D eigenvalue weighted by atomic mass is 16.5. The standard InChI is InChI=1S/C15H22N4O2/c1-6-10(3)16-12(20)8-21-13-7-9(2)14-11(4)18-19(5)15(14)17-13/h7,10H,6,8H2,1-5H3,(H,16,20)/t10-/m0/s1. The Kier molecular flexibility index (Phi) is 4.45. The van der Waals surface area contributed by atoms with E-state index < -0.39 is 0 Å². The minimum atomic E-state index is -0.134. The molecule has 2 rings (SSSR count). The average Bonchev–Trinajstić information content (AvgIpc) is 2.72. The molecule has 0 radical (unpaired) electrons. The van der Waals surface area contributed by atoms with Crippen LogP contribution >= 0.6 is 0 Å². The number of aromatic nitrogens is 3. The van der Waals surface area contributed by atoms with Crippen LogP contribution in [-0.2, 0) is 11.8 Å². The monoisotopic (exact) mass is 290 g/mol. The lowest BCUT2D eigenvalue weighted by molar-refractivity contribution is -0.123. The zero-order valence-corrected chi connectivity index (χ0v) is 13.2. The van der Waals surface area contributed by atoms with Gasteiger partial charge in [0, 0.05) is 24.5 Å². The average molecular weight is 290 g/mol. The Morgan fingerprint density at radius 1 is 1.48 bits per heavy atom. The lowest BCUT2D eigenvalue weighted by Crippen LogP contribution is -2.35. The first kappa shape index (κ1) is 15.3. The number of hydrogen-bond acceptors (Lipinski definition) is 4. The fraction of sp³-hybridized carbons (Fsp3) is 0.533. The van der Waals surface area contributed by atoms with Crippen LogP contribution in [0, 0.1) is 13.8 Å². The van der Waals surface area contributed by atoms with Crippen molar-refractivity contribution < 1.29 is 9.53 Å². The van der Waals surface area contributed by atoms with Crippen molar-refractivity contribution in [1.29, 1.82) is 0 Å². The van der Waals surface area contributed by atoms with Gasteiger partial charge in [0.2, 0.25) is 5.88 Å². The fourth-order valence-corrected chi connectivity index (χ4v) is 2.26. The molecule has 0 aliphatic heterocycles. The Morgan fingerprint density at radius 2 is 2.19 bits per heavy atom. The van der Waals surface area contributed by atoms with Gasteiger partial charge in [-0.15, -0.1) is 0 Å². The van der Waals surface area contributed by atoms with Gasteiger partial charge in [0.05, 0.1) is 5.69 Å². The molecule has 0 saturated heterocycles. The maximum atomic E-state index is 11.7. The summed E-state index contributed by atoms with van der Waals surface area (Å²) < 4.78 is 7.23. The van der Waals surface area contributed by atoms with E-state index in [4.69, 9.17) is 4.74 Å². The molecule has 0 aliphatic rings. The Morgan fingerprint density at radius 3 is 2.86 bits per heavy atom. The molecule has 1 amide bonds. The van der Waals surface area contributed by atoms with Gasteiger partial charge in [-0.3, -0.25) is 9.48 Å². The van der Waals surface area contributed by atoms with E-state index in [2.05, 4.69) is 15.4 Å². The summed E-state index contributed by atoms with van der Waals surface area (Å²) in [6, 6.07) is 1.99. The topological polar surface area (TPSA) is 69.0 Å². The first-order valence-electron chi connectivity index (χ1n) is 7.15. The number of ether oxygens (including phenoxy) is 1. The predicted molar refractivity (Wildman–Crippen MR) is 81.4 cm³/mol. The van der Waals surface area contributed by atoms with Gasteiger partial charge in [-0.2, -0.15) is 10.1 Å². The molecule has 0 saturated carbocycles. The third-order valence-electron chi connectivity index (χ3n) is 3.51. The summed E-state index contributed by atoms with van der Waals surface area (Å²) in [5.74, 6) is 0.312. The molecule has 0 aromatic carbocycles. The molecule has 0 fully saturated rings. The van der Waals surface area contributed by atoms with Crippen molar-refractivity contribution in [3.8, 4) is 5.88 Å². The van der Waals surface area contributed by atoms with Crippen molar-refractivity contribution in [1.82, 2.24) is 20.1 Å². The SMILES string of the molecule is CC[C@H](C)NC(=O)COc1cc(C)c2c(C)nn(C)c2n1. The van der Waals surface area contributed by atoms with E-state index in [1.807, 2.05) is 40.8 Å². The summed E-state index contributed by atoms with van der Waals surface area (Å²) in [5.41, 5.74) is 2.76. The van der Waals surface area contributed by atoms with Gasteiger partial charge in [-0.05, 0) is 32.8 Å². The van der Waals surface area contributed by atoms with Crippen LogP contribution in [0.25, 0.3) is 11.0 Å². The normalized spacial score (nSPS) is 12.4. The molecule has 6 nitrogen and oxygen atoms in total. The zero-order valence-electron chi connectivity index (χ0n) is 13.2. The maximum Gasteiger partial charge on any atom is 0.258 e. The number of pyridine rings is 1. The number of aryl methyl sites for hydroxylation is 3. The Labute approximate surface area is 124 Å². The van der Waals surface area contributed by atoms with E-state index in [1.165, 1.54) is 0 Å². The minimum Gasteiger partial charge on any atom is -0.468 e. The summed E-state index contributed by atoms with van der Waals surface area (Å²) in [6.07, 6.45) is 0.892. The van der Waals surface area contributed by atoms with Crippen molar-refractivity contribution in [2.75, 3.05) is 6.61 Å². The van der Waals surface area contributed by atoms with Crippen LogP contribution in [0.3, 0.4) is 0 Å². The molecule has 0 spiro atoms. The molecule has 0 aliphatic carbocycles. The second-order valence-corrected chi connectivity index (χ2v) is 5.35. The Balaban J connectivity index is 2.13. The Hall–Kier alpha value is -2.11. The number of hydrogen-bond donors (Lipinski definition) is 1. The number of nitrogens with zero attached hydrogens (tertiary/aromatic N) is 3. The van der Waals surface area contributed by atoms with E-state index in [0.29, 0.717) is 5.88 Å². The van der Waals surface area contributed by atoms with E-state index in [9.17, 15) is 4.79 Å². The largest absolute Gasteiger partial charge is 0.468 e. The number of amides is 1. The van der Waals surface area contributed by atoms with Gasteiger partial charge in [-0.1, -0.05) is 6.92 Å². The van der Waals surface area contributed by atoms with Crippen LogP contribution in [0.15, 0.2) is 6.07 Å². The van der Waals surface area contributed by atoms with E-state index >= 15 is 0 Å². The van der Waals surface area contributed by atoms with Crippen LogP contribution < -0.4 is 10.1 Å². The van der Waals surface area contributed by atoms with Crippen LogP contribution in [0.2, 0.25) is 0 Å². The summed E-state index contributed by atoms with van der Waals surface area (Å²) in [4.78, 5) is 16.1. The Bertz CT molecular complexity index is 663. The molecular formula is C15H22N4O2. The van der Waals surface area contributed by atoms with Gasteiger partial charge in [0.25, 0.3) is 5.91 Å². The third kappa shape index (κ3) is 3.32. The number of carbonyl (C=O) groups excluding carboxylic acids is 1. The predicted octanol–water partition coefficient (Wildman–Crippen LogP) is 1.88. The number of nitrogens with one attached hydrogen (secondary N) is 1. The smallest absolute Gasteiger partial charge is 0.258 e. The number of fused-ring (bicyclic) bond motifs is 1. The number of carbonyl (C=O) groups is 1. The highest BCUT2D eigenvalue weighted by molar-refractivity contribution is 5.82. The highest BCUT2D eigenvalue weighted by Gasteiger charge is 2.13. The molecule has 0 bridgehead atoms. The van der Waals surface area contributed by atoms with Crippen molar-refractivity contribution in [2.45, 2.75) is 40.2 Å². The van der Waals surface area contributed by atoms with Crippen molar-refractivity contribution in [3.05, 3.63) is 17.3 Å². The maximum absolute atomic E-state index is 11.7. The van der Waals surface area contributed by atoms with Crippen LogP contribution in [-0.4, -0.2) is 33.3 Å². The van der Waals surface area contributed by atoms with Gasteiger partial charge in [0.15, 0.2) is 12.3 Å². The van der Waals surface area contributed by atoms with E-state index in [1.54, 1.807) is 4.68 Å². The minimum absolute atomic E-state index is 0.0287. The van der Waals surface area contributed by atoms with Crippen LogP contribution in [0.5, 0.6) is 5.88 Å². The second-order valence-electron chi connectivity index (χ2n) is 5.35. The quantitative estimate of drug-likeness (QED) is 0.913. The first-order valence-corrected chi connectivity index (χ1v) is 7.15. The summed E-state index contributed by atoms with van der Waals surface area (Å²) in [5, 5.41) is 8.25. The molecule has 114 valence electrons. The summed E-state index contributed by atoms with van der Waals surface area (Å²) in [7, 11) is 1.85. The van der Waals surface area contributed by atoms with Gasteiger partial charge in [-0.25, -0.2) is 0 Å². The summed E-state index contributed by atoms with van der Waals surface area (Å²) >= 11 is 0. The third-order valence-corrected chi connectivity index (χ3v) is 3.51. The van der Waals surface area contributed by atoms with E-state index in [-0.39, 0.29) is 18.6 Å². The van der Waals surface area contributed by atoms with Gasteiger partial charge in [0.1, 0.15) is 0 Å². The fourth-order valence-electron chi connectivity index (χ4n) is 2.26. The molecular weight excluding hydrogens is 268 g/mol. The molecule has 1 N–H and O–H groups in total. The first-order chi connectivity index (χ1) is 9.92. The molecule has 0 unspecified atom stereocenters. The lowest BCUT2D eigenvalue weighted by Gasteiger charge is -2.12.